The summed E-state index contributed by atoms with van der Waals surface area (Å²) in [5.74, 6) is 0.877. The van der Waals surface area contributed by atoms with Crippen molar-refractivity contribution in [1.82, 2.24) is 4.98 Å². The molecule has 5 rings (SSSR count). The number of ketones is 2. The van der Waals surface area contributed by atoms with Crippen molar-refractivity contribution in [3.05, 3.63) is 125 Å². The Balaban J connectivity index is 1.19. The van der Waals surface area contributed by atoms with Crippen LogP contribution in [0.4, 0.5) is 0 Å². The van der Waals surface area contributed by atoms with Gasteiger partial charge in [0.1, 0.15) is 22.9 Å². The first-order valence-electron chi connectivity index (χ1n) is 13.5. The molecule has 0 unspecified atom stereocenters. The van der Waals surface area contributed by atoms with E-state index in [2.05, 4.69) is 49.2 Å². The van der Waals surface area contributed by atoms with E-state index in [0.29, 0.717) is 17.0 Å². The van der Waals surface area contributed by atoms with Crippen LogP contribution < -0.4 is 4.74 Å². The quantitative estimate of drug-likeness (QED) is 0.250. The van der Waals surface area contributed by atoms with Crippen molar-refractivity contribution < 1.29 is 19.4 Å². The Hall–Kier alpha value is -4.25. The van der Waals surface area contributed by atoms with Gasteiger partial charge >= 0.3 is 0 Å². The lowest BCUT2D eigenvalue weighted by molar-refractivity contribution is 0.103. The average Bonchev–Trinajstić information content (AvgIpc) is 2.98. The minimum atomic E-state index is -0.310. The van der Waals surface area contributed by atoms with Gasteiger partial charge in [-0.3, -0.25) is 9.59 Å². The van der Waals surface area contributed by atoms with Crippen molar-refractivity contribution in [2.75, 3.05) is 0 Å². The van der Waals surface area contributed by atoms with Gasteiger partial charge in [-0.05, 0) is 103 Å². The molecule has 5 heteroatoms. The zero-order chi connectivity index (χ0) is 27.4. The third-order valence-corrected chi connectivity index (χ3v) is 7.98. The molecule has 3 aromatic carbocycles. The molecule has 1 saturated carbocycles. The van der Waals surface area contributed by atoms with E-state index in [9.17, 15) is 14.7 Å². The van der Waals surface area contributed by atoms with Crippen LogP contribution in [-0.2, 0) is 5.41 Å². The van der Waals surface area contributed by atoms with Gasteiger partial charge in [0.05, 0.1) is 6.10 Å². The number of rotatable bonds is 8. The first kappa shape index (κ1) is 26.4. The van der Waals surface area contributed by atoms with Crippen molar-refractivity contribution in [2.45, 2.75) is 51.0 Å². The molecular formula is C34H33NO4. The summed E-state index contributed by atoms with van der Waals surface area (Å²) >= 11 is 0. The van der Waals surface area contributed by atoms with Crippen LogP contribution in [0.15, 0.2) is 97.1 Å². The molecular weight excluding hydrogens is 486 g/mol. The summed E-state index contributed by atoms with van der Waals surface area (Å²) in [6.07, 6.45) is 4.42. The molecule has 0 aliphatic heterocycles. The molecule has 4 aromatic rings. The van der Waals surface area contributed by atoms with Gasteiger partial charge in [-0.15, -0.1) is 0 Å². The zero-order valence-electron chi connectivity index (χ0n) is 22.3. The highest BCUT2D eigenvalue weighted by atomic mass is 16.5. The van der Waals surface area contributed by atoms with Gasteiger partial charge in [0.15, 0.2) is 0 Å². The Kier molecular flexibility index (Phi) is 7.60. The molecule has 1 aliphatic carbocycles. The minimum absolute atomic E-state index is 0.0792. The lowest BCUT2D eigenvalue weighted by Gasteiger charge is -2.39. The molecule has 0 spiro atoms. The molecule has 1 aromatic heterocycles. The highest BCUT2D eigenvalue weighted by Gasteiger charge is 2.35. The smallest absolute Gasteiger partial charge is 0.211 e. The molecule has 1 N–H and O–H groups in total. The summed E-state index contributed by atoms with van der Waals surface area (Å²) in [6, 6.07) is 28.7. The minimum Gasteiger partial charge on any atom is -0.508 e. The summed E-state index contributed by atoms with van der Waals surface area (Å²) in [4.78, 5) is 30.2. The van der Waals surface area contributed by atoms with E-state index in [4.69, 9.17) is 4.74 Å². The van der Waals surface area contributed by atoms with Crippen molar-refractivity contribution in [1.29, 1.82) is 0 Å². The number of hydrogen-bond acceptors (Lipinski definition) is 5. The fourth-order valence-electron chi connectivity index (χ4n) is 5.48. The van der Waals surface area contributed by atoms with Crippen LogP contribution in [0.1, 0.15) is 77.2 Å². The Labute approximate surface area is 229 Å². The van der Waals surface area contributed by atoms with E-state index >= 15 is 0 Å². The molecule has 1 fully saturated rings. The Morgan fingerprint density at radius 3 is 1.82 bits per heavy atom. The topological polar surface area (TPSA) is 76.5 Å². The van der Waals surface area contributed by atoms with Gasteiger partial charge in [0, 0.05) is 11.1 Å². The predicted molar refractivity (Wildman–Crippen MR) is 151 cm³/mol. The summed E-state index contributed by atoms with van der Waals surface area (Å²) in [5, 5.41) is 9.46. The maximum Gasteiger partial charge on any atom is 0.211 e. The molecule has 5 nitrogen and oxygen atoms in total. The van der Waals surface area contributed by atoms with Crippen LogP contribution in [0.2, 0.25) is 0 Å². The van der Waals surface area contributed by atoms with Gasteiger partial charge in [0.2, 0.25) is 11.6 Å². The second-order valence-corrected chi connectivity index (χ2v) is 10.8. The van der Waals surface area contributed by atoms with Crippen LogP contribution in [0.3, 0.4) is 0 Å². The third kappa shape index (κ3) is 5.93. The fraction of sp³-hybridized carbons (Fsp3) is 0.265. The van der Waals surface area contributed by atoms with Crippen LogP contribution in [-0.4, -0.2) is 27.8 Å². The second kappa shape index (κ2) is 11.2. The van der Waals surface area contributed by atoms with Crippen molar-refractivity contribution in [3.8, 4) is 11.5 Å². The largest absolute Gasteiger partial charge is 0.508 e. The van der Waals surface area contributed by atoms with Gasteiger partial charge in [-0.2, -0.15) is 0 Å². The number of ether oxygens (including phenoxy) is 1. The monoisotopic (exact) mass is 519 g/mol. The number of benzene rings is 3. The zero-order valence-corrected chi connectivity index (χ0v) is 22.3. The first-order valence-corrected chi connectivity index (χ1v) is 13.5. The van der Waals surface area contributed by atoms with Crippen molar-refractivity contribution >= 4 is 11.6 Å². The van der Waals surface area contributed by atoms with E-state index in [1.807, 2.05) is 12.1 Å². The van der Waals surface area contributed by atoms with E-state index in [0.717, 1.165) is 31.4 Å². The van der Waals surface area contributed by atoms with E-state index < -0.39 is 0 Å². The summed E-state index contributed by atoms with van der Waals surface area (Å²) in [6.45, 7) is 4.69. The van der Waals surface area contributed by atoms with Crippen LogP contribution in [0.5, 0.6) is 11.5 Å². The highest BCUT2D eigenvalue weighted by molar-refractivity contribution is 6.10. The van der Waals surface area contributed by atoms with E-state index in [-0.39, 0.29) is 40.2 Å². The molecule has 1 aliphatic rings. The third-order valence-electron chi connectivity index (χ3n) is 7.98. The SMILES string of the molecule is CC(C)(c1ccccc1)C1CCC(Oc2ccc(C(=O)c3cccc(C(=O)c4ccc(O)cc4)n3)cc2)CC1. The number of phenols is 1. The number of aromatic hydroxyl groups is 1. The lowest BCUT2D eigenvalue weighted by atomic mass is 9.67. The molecule has 1 heterocycles. The Morgan fingerprint density at radius 2 is 1.26 bits per heavy atom. The fourth-order valence-corrected chi connectivity index (χ4v) is 5.48. The predicted octanol–water partition coefficient (Wildman–Crippen LogP) is 7.16. The van der Waals surface area contributed by atoms with Crippen molar-refractivity contribution in [3.63, 3.8) is 0 Å². The number of phenolic OH excluding ortho intramolecular Hbond substituents is 1. The molecule has 0 radical (unpaired) electrons. The van der Waals surface area contributed by atoms with E-state index in [1.165, 1.54) is 29.8 Å². The second-order valence-electron chi connectivity index (χ2n) is 10.8. The average molecular weight is 520 g/mol. The summed E-state index contributed by atoms with van der Waals surface area (Å²) in [5.41, 5.74) is 2.78. The number of carbonyl (C=O) groups excluding carboxylic acids is 2. The first-order chi connectivity index (χ1) is 18.8. The van der Waals surface area contributed by atoms with Gasteiger partial charge in [-0.1, -0.05) is 50.2 Å². The Morgan fingerprint density at radius 1 is 0.718 bits per heavy atom. The standard InChI is InChI=1S/C34H33NO4/c1-34(2,25-7-4-3-5-8-25)26-15-21-29(22-16-26)39-28-19-13-24(14-20-28)33(38)31-10-6-9-30(35-31)32(37)23-11-17-27(36)18-12-23/h3-14,17-20,26,29,36H,15-16,21-22H2,1-2H3. The lowest BCUT2D eigenvalue weighted by Crippen LogP contribution is -2.34. The summed E-state index contributed by atoms with van der Waals surface area (Å²) in [7, 11) is 0. The van der Waals surface area contributed by atoms with Gasteiger partial charge in [0.25, 0.3) is 0 Å². The molecule has 0 saturated heterocycles. The normalized spacial score (nSPS) is 17.4. The van der Waals surface area contributed by atoms with Crippen LogP contribution in [0.25, 0.3) is 0 Å². The van der Waals surface area contributed by atoms with Gasteiger partial charge in [-0.25, -0.2) is 4.98 Å². The molecule has 0 amide bonds. The molecule has 0 atom stereocenters. The highest BCUT2D eigenvalue weighted by Crippen LogP contribution is 2.41. The number of nitrogens with zero attached hydrogens (tertiary/aromatic N) is 1. The van der Waals surface area contributed by atoms with E-state index in [1.54, 1.807) is 30.3 Å². The van der Waals surface area contributed by atoms with Gasteiger partial charge < -0.3 is 9.84 Å². The molecule has 0 bridgehead atoms. The van der Waals surface area contributed by atoms with Crippen LogP contribution in [0, 0.1) is 5.92 Å². The Bertz CT molecular complexity index is 1440. The summed E-state index contributed by atoms with van der Waals surface area (Å²) < 4.78 is 6.28. The molecule has 198 valence electrons. The number of carbonyl (C=O) groups is 2. The van der Waals surface area contributed by atoms with Crippen molar-refractivity contribution in [2.24, 2.45) is 5.92 Å². The maximum absolute atomic E-state index is 13.1. The molecule has 39 heavy (non-hydrogen) atoms. The number of aromatic nitrogens is 1. The maximum atomic E-state index is 13.1. The number of pyridine rings is 1. The van der Waals surface area contributed by atoms with Crippen LogP contribution >= 0.6 is 0 Å². The number of hydrogen-bond donors (Lipinski definition) is 1.